The third kappa shape index (κ3) is 16.6. The molecule has 0 saturated heterocycles. The van der Waals surface area contributed by atoms with Crippen molar-refractivity contribution in [3.63, 3.8) is 0 Å². The van der Waals surface area contributed by atoms with Crippen LogP contribution < -0.4 is 26.3 Å². The van der Waals surface area contributed by atoms with Crippen LogP contribution in [0.2, 0.25) is 0 Å². The molecule has 83 heavy (non-hydrogen) atoms. The lowest BCUT2D eigenvalue weighted by Gasteiger charge is -2.44. The Bertz CT molecular complexity index is 2530. The minimum Gasteiger partial charge on any atom is -0.294 e. The lowest BCUT2D eigenvalue weighted by Crippen LogP contribution is -2.81. The van der Waals surface area contributed by atoms with Gasteiger partial charge in [0, 0.05) is 0 Å². The van der Waals surface area contributed by atoms with Crippen LogP contribution in [-0.4, -0.2) is 26.3 Å². The van der Waals surface area contributed by atoms with Crippen molar-refractivity contribution in [3.05, 3.63) is 147 Å². The number of hydrogen-bond acceptors (Lipinski definition) is 0. The Kier molecular flexibility index (Phi) is 27.6. The summed E-state index contributed by atoms with van der Waals surface area (Å²) < 4.78 is 303. The van der Waals surface area contributed by atoms with Crippen molar-refractivity contribution in [1.29, 1.82) is 0 Å². The lowest BCUT2D eigenvalue weighted by molar-refractivity contribution is 0.310. The van der Waals surface area contributed by atoms with Gasteiger partial charge in [0.2, 0.25) is 0 Å². The van der Waals surface area contributed by atoms with Crippen LogP contribution in [0.5, 0.6) is 0 Å². The first-order valence-electron chi connectivity index (χ1n) is 29.1. The van der Waals surface area contributed by atoms with Crippen molar-refractivity contribution in [2.75, 3.05) is 20.1 Å². The molecule has 0 fully saturated rings. The maximum Gasteiger partial charge on any atom is 0.200 e. The van der Waals surface area contributed by atoms with Crippen LogP contribution in [-0.2, 0) is 0 Å². The van der Waals surface area contributed by atoms with Crippen molar-refractivity contribution in [3.8, 4) is 0 Å². The Balaban J connectivity index is 0.000000365. The van der Waals surface area contributed by atoms with Crippen molar-refractivity contribution in [1.82, 2.24) is 4.48 Å². The normalized spacial score (nSPS) is 12.7. The average Bonchev–Trinajstić information content (AvgIpc) is 0.712. The van der Waals surface area contributed by atoms with Crippen LogP contribution in [0.1, 0.15) is 182 Å². The van der Waals surface area contributed by atoms with Crippen LogP contribution in [0.15, 0.2) is 30.3 Å². The molecule has 5 aromatic rings. The molecule has 462 valence electrons. The first-order chi connectivity index (χ1) is 40.0. The van der Waals surface area contributed by atoms with E-state index < -0.39 is 144 Å². The van der Waals surface area contributed by atoms with E-state index in [1.54, 1.807) is 0 Å². The maximum absolute atomic E-state index is 15.4. The SMILES string of the molecule is Fc1c(F)c(F)c([B-](c2c(F)c(F)c(F)c(F)c2F)(c2c(F)c(F)c(F)c(F)c2F)c2c(F)c(F)c(F)c(F)c2F)c(F)c1F.[2H]C[N+](CCCCCCCCCCCC)(CCCCCCCCCCCCCCCCCC)c1ccccc1. The van der Waals surface area contributed by atoms with Gasteiger partial charge in [-0.25, -0.2) is 87.8 Å². The Morgan fingerprint density at radius 1 is 0.265 bits per heavy atom. The highest BCUT2D eigenvalue weighted by molar-refractivity contribution is 7.20. The zero-order valence-corrected chi connectivity index (χ0v) is 46.5. The maximum atomic E-state index is 15.4. The number of rotatable bonds is 33. The molecule has 1 nitrogen and oxygen atoms in total. The number of hydrogen-bond donors (Lipinski definition) is 0. The molecule has 22 heteroatoms. The van der Waals surface area contributed by atoms with Crippen molar-refractivity contribution in [2.24, 2.45) is 0 Å². The van der Waals surface area contributed by atoms with Crippen LogP contribution in [0.3, 0.4) is 0 Å². The summed E-state index contributed by atoms with van der Waals surface area (Å²) in [7, 11) is 0.486. The first-order valence-corrected chi connectivity index (χ1v) is 28.4. The van der Waals surface area contributed by atoms with Gasteiger partial charge in [-0.15, -0.1) is 21.9 Å². The fraction of sp³-hybridized carbons (Fsp3) is 0.508. The Hall–Kier alpha value is -5.28. The minimum absolute atomic E-state index is 0.486. The molecule has 0 bridgehead atoms. The molecule has 0 N–H and O–H groups in total. The van der Waals surface area contributed by atoms with Gasteiger partial charge in [-0.3, -0.25) is 4.48 Å². The predicted molar refractivity (Wildman–Crippen MR) is 285 cm³/mol. The third-order valence-corrected chi connectivity index (χ3v) is 15.4. The largest absolute Gasteiger partial charge is 0.294 e. The molecule has 0 aliphatic rings. The van der Waals surface area contributed by atoms with Crippen molar-refractivity contribution in [2.45, 2.75) is 181 Å². The summed E-state index contributed by atoms with van der Waals surface area (Å²) in [6.07, 6.45) is 29.3. The second-order valence-corrected chi connectivity index (χ2v) is 21.2. The van der Waals surface area contributed by atoms with E-state index in [-0.39, 0.29) is 0 Å². The highest BCUT2D eigenvalue weighted by Gasteiger charge is 2.52. The van der Waals surface area contributed by atoms with E-state index in [1.165, 1.54) is 173 Å². The summed E-state index contributed by atoms with van der Waals surface area (Å²) in [5, 5.41) is 0. The molecule has 0 spiro atoms. The monoisotopic (exact) mass is 1210 g/mol. The molecule has 0 amide bonds. The smallest absolute Gasteiger partial charge is 0.200 e. The average molecular weight is 1210 g/mol. The summed E-state index contributed by atoms with van der Waals surface area (Å²) in [6.45, 7) is 6.88. The standard InChI is InChI=1S/C37H70N.C24BF20/c1-4-6-8-10-12-14-16-17-18-19-20-21-23-25-27-32-36-38(3,37-33-29-28-30-34-37)35-31-26-24-22-15-13-11-9-7-5-2;26-5-1(6(27)14(35)21(42)13(5)34)25(2-7(28)15(36)22(43)16(37)8(2)29,3-9(30)17(38)23(44)18(39)10(3)31)4-11(32)19(40)24(45)20(41)12(4)33/h28-30,33-34H,4-27,31-32,35-36H2,1-3H3;/q+1;-1/i3D;. The van der Waals surface area contributed by atoms with Crippen molar-refractivity contribution < 1.29 is 89.2 Å². The summed E-state index contributed by atoms with van der Waals surface area (Å²) in [5.41, 5.74) is -13.0. The second kappa shape index (κ2) is 33.4. The van der Waals surface area contributed by atoms with Crippen LogP contribution in [0, 0.1) is 116 Å². The number of nitrogens with zero attached hydrogens (tertiary/aromatic N) is 1. The first kappa shape index (κ1) is 68.5. The van der Waals surface area contributed by atoms with Gasteiger partial charge in [-0.1, -0.05) is 173 Å². The number of halogens is 20. The number of unbranched alkanes of at least 4 members (excludes halogenated alkanes) is 24. The molecule has 0 radical (unpaired) electrons. The van der Waals surface area contributed by atoms with Gasteiger partial charge in [0.05, 0.1) is 21.5 Å². The molecule has 0 heterocycles. The summed E-state index contributed by atoms with van der Waals surface area (Å²) in [5.74, 6) is -71.4. The molecule has 1 unspecified atom stereocenters. The lowest BCUT2D eigenvalue weighted by atomic mass is 9.12. The van der Waals surface area contributed by atoms with Crippen LogP contribution in [0.25, 0.3) is 0 Å². The van der Waals surface area contributed by atoms with Gasteiger partial charge >= 0.3 is 0 Å². The van der Waals surface area contributed by atoms with Gasteiger partial charge in [0.25, 0.3) is 0 Å². The molecule has 0 aliphatic carbocycles. The Labute approximate surface area is 473 Å². The molecule has 0 aromatic heterocycles. The third-order valence-electron chi connectivity index (χ3n) is 15.4. The Morgan fingerprint density at radius 2 is 0.446 bits per heavy atom. The van der Waals surface area contributed by atoms with Gasteiger partial charge in [-0.2, -0.15) is 0 Å². The van der Waals surface area contributed by atoms with E-state index in [9.17, 15) is 52.7 Å². The van der Waals surface area contributed by atoms with E-state index in [4.69, 9.17) is 1.37 Å². The molecular formula is C61H70BF20N. The summed E-state index contributed by atoms with van der Waals surface area (Å²) >= 11 is 0. The molecule has 0 saturated carbocycles. The van der Waals surface area contributed by atoms with Gasteiger partial charge in [-0.05, 0) is 37.8 Å². The topological polar surface area (TPSA) is 0 Å². The molecule has 5 rings (SSSR count). The van der Waals surface area contributed by atoms with E-state index in [0.29, 0.717) is 7.02 Å². The predicted octanol–water partition coefficient (Wildman–Crippen LogP) is 18.7. The second-order valence-electron chi connectivity index (χ2n) is 21.2. The summed E-state index contributed by atoms with van der Waals surface area (Å²) in [4.78, 5) is 0. The molecular weight excluding hydrogens is 1140 g/mol. The minimum atomic E-state index is -7.22. The van der Waals surface area contributed by atoms with Gasteiger partial charge in [0.1, 0.15) is 58.4 Å². The van der Waals surface area contributed by atoms with E-state index in [0.717, 1.165) is 17.6 Å². The highest BCUT2D eigenvalue weighted by atomic mass is 19.2. The quantitative estimate of drug-likeness (QED) is 0.00981. The van der Waals surface area contributed by atoms with Gasteiger partial charge in [0.15, 0.2) is 69.8 Å². The zero-order chi connectivity index (χ0) is 62.5. The van der Waals surface area contributed by atoms with E-state index in [2.05, 4.69) is 44.2 Å². The number of quaternary nitrogens is 1. The van der Waals surface area contributed by atoms with Crippen LogP contribution in [0.4, 0.5) is 93.5 Å². The van der Waals surface area contributed by atoms with Gasteiger partial charge < -0.3 is 0 Å². The number of benzene rings is 5. The number of para-hydroxylation sites is 1. The Morgan fingerprint density at radius 3 is 0.639 bits per heavy atom. The van der Waals surface area contributed by atoms with E-state index in [1.807, 2.05) is 0 Å². The molecule has 0 aliphatic heterocycles. The van der Waals surface area contributed by atoms with Crippen LogP contribution >= 0.6 is 0 Å². The highest BCUT2D eigenvalue weighted by Crippen LogP contribution is 2.32. The molecule has 5 aromatic carbocycles. The fourth-order valence-corrected chi connectivity index (χ4v) is 10.9. The fourth-order valence-electron chi connectivity index (χ4n) is 10.9. The van der Waals surface area contributed by atoms with Crippen molar-refractivity contribution >= 4 is 33.7 Å². The molecule has 1 atom stereocenters. The summed E-state index contributed by atoms with van der Waals surface area (Å²) in [6, 6.07) is 11.0. The van der Waals surface area contributed by atoms with E-state index >= 15 is 35.1 Å². The zero-order valence-electron chi connectivity index (χ0n) is 47.5.